The molecular weight excluding hydrogens is 261 g/mol. The van der Waals surface area contributed by atoms with Crippen LogP contribution in [-0.4, -0.2) is 15.0 Å². The molecule has 1 aromatic carbocycles. The van der Waals surface area contributed by atoms with E-state index in [1.165, 1.54) is 6.07 Å². The highest BCUT2D eigenvalue weighted by atomic mass is 32.2. The van der Waals surface area contributed by atoms with Crippen molar-refractivity contribution in [3.05, 3.63) is 48.3 Å². The monoisotopic (exact) mass is 281 g/mol. The summed E-state index contributed by atoms with van der Waals surface area (Å²) in [6.07, 6.45) is 2.96. The summed E-state index contributed by atoms with van der Waals surface area (Å²) in [5, 5.41) is 0. The van der Waals surface area contributed by atoms with Gasteiger partial charge in [-0.2, -0.15) is 0 Å². The highest BCUT2D eigenvalue weighted by molar-refractivity contribution is 7.91. The lowest BCUT2D eigenvalue weighted by molar-refractivity contribution is 0.561. The maximum atomic E-state index is 13.8. The zero-order chi connectivity index (χ0) is 14.5. The molecule has 1 atom stereocenters. The van der Waals surface area contributed by atoms with Crippen molar-refractivity contribution in [2.24, 2.45) is 4.40 Å². The van der Waals surface area contributed by atoms with Crippen LogP contribution in [0.15, 0.2) is 41.3 Å². The summed E-state index contributed by atoms with van der Waals surface area (Å²) in [6.45, 7) is 9.19. The van der Waals surface area contributed by atoms with E-state index in [1.54, 1.807) is 24.3 Å². The summed E-state index contributed by atoms with van der Waals surface area (Å²) in [5.41, 5.74) is 0.952. The fourth-order valence-corrected chi connectivity index (χ4v) is 2.06. The van der Waals surface area contributed by atoms with Crippen LogP contribution in [0.2, 0.25) is 0 Å². The first-order valence-electron chi connectivity index (χ1n) is 6.21. The Morgan fingerprint density at radius 3 is 2.58 bits per heavy atom. The smallest absolute Gasteiger partial charge is 0.144 e. The molecule has 0 saturated carbocycles. The molecule has 1 aromatic rings. The Labute approximate surface area is 117 Å². The zero-order valence-electron chi connectivity index (χ0n) is 11.6. The summed E-state index contributed by atoms with van der Waals surface area (Å²) in [5.74, 6) is -0.337. The molecule has 0 amide bonds. The fraction of sp³-hybridized carbons (Fsp3) is 0.400. The Morgan fingerprint density at radius 1 is 1.42 bits per heavy atom. The molecule has 0 unspecified atom stereocenters. The predicted molar refractivity (Wildman–Crippen MR) is 80.3 cm³/mol. The number of allylic oxidation sites excluding steroid dienone is 1. The Morgan fingerprint density at radius 2 is 2.05 bits per heavy atom. The molecule has 1 rings (SSSR count). The molecule has 0 aliphatic rings. The van der Waals surface area contributed by atoms with Crippen LogP contribution in [0.25, 0.3) is 0 Å². The van der Waals surface area contributed by atoms with Gasteiger partial charge in [0.2, 0.25) is 0 Å². The van der Waals surface area contributed by atoms with Gasteiger partial charge in [-0.15, -0.1) is 6.58 Å². The third kappa shape index (κ3) is 4.80. The molecule has 0 N–H and O–H groups in total. The van der Waals surface area contributed by atoms with Gasteiger partial charge in [0.15, 0.2) is 0 Å². The van der Waals surface area contributed by atoms with Gasteiger partial charge >= 0.3 is 0 Å². The lowest BCUT2D eigenvalue weighted by atomic mass is 10.1. The van der Waals surface area contributed by atoms with Crippen LogP contribution in [0.1, 0.15) is 39.2 Å². The van der Waals surface area contributed by atoms with Gasteiger partial charge in [-0.3, -0.25) is 0 Å². The number of nitrogens with zero attached hydrogens (tertiary/aromatic N) is 1. The number of hydrogen-bond donors (Lipinski definition) is 0. The van der Waals surface area contributed by atoms with Gasteiger partial charge in [0.25, 0.3) is 0 Å². The van der Waals surface area contributed by atoms with Crippen LogP contribution in [0, 0.1) is 5.82 Å². The molecule has 0 radical (unpaired) electrons. The van der Waals surface area contributed by atoms with Gasteiger partial charge in [0.05, 0.1) is 0 Å². The van der Waals surface area contributed by atoms with E-state index in [1.807, 2.05) is 20.8 Å². The van der Waals surface area contributed by atoms with Crippen molar-refractivity contribution in [2.75, 3.05) is 0 Å². The van der Waals surface area contributed by atoms with Gasteiger partial charge in [-0.05, 0) is 39.7 Å². The second-order valence-electron chi connectivity index (χ2n) is 5.21. The van der Waals surface area contributed by atoms with Crippen molar-refractivity contribution in [2.45, 2.75) is 38.4 Å². The Bertz CT molecular complexity index is 465. The molecule has 19 heavy (non-hydrogen) atoms. The molecule has 0 fully saturated rings. The highest BCUT2D eigenvalue weighted by Gasteiger charge is 2.27. The lowest BCUT2D eigenvalue weighted by Crippen LogP contribution is -2.27. The third-order valence-electron chi connectivity index (χ3n) is 2.49. The lowest BCUT2D eigenvalue weighted by Gasteiger charge is -2.19. The van der Waals surface area contributed by atoms with E-state index in [-0.39, 0.29) is 5.82 Å². The van der Waals surface area contributed by atoms with Gasteiger partial charge in [-0.25, -0.2) is 4.39 Å². The van der Waals surface area contributed by atoms with E-state index in [0.29, 0.717) is 24.1 Å². The summed E-state index contributed by atoms with van der Waals surface area (Å²) in [6, 6.07) is 6.43. The number of hydrogen-bond acceptors (Lipinski definition) is 2. The largest absolute Gasteiger partial charge is 0.591 e. The zero-order valence-corrected chi connectivity index (χ0v) is 12.5. The Hall–Kier alpha value is -1.13. The van der Waals surface area contributed by atoms with Crippen LogP contribution >= 0.6 is 0 Å². The van der Waals surface area contributed by atoms with E-state index in [4.69, 9.17) is 0 Å². The Balaban J connectivity index is 3.11. The average Bonchev–Trinajstić information content (AvgIpc) is 2.34. The molecule has 0 bridgehead atoms. The minimum Gasteiger partial charge on any atom is -0.591 e. The van der Waals surface area contributed by atoms with Gasteiger partial charge in [-0.1, -0.05) is 28.7 Å². The second kappa shape index (κ2) is 6.87. The quantitative estimate of drug-likeness (QED) is 0.455. The normalized spacial score (nSPS) is 14.3. The molecule has 0 aliphatic heterocycles. The second-order valence-corrected chi connectivity index (χ2v) is 7.11. The SMILES string of the molecule is C=CCC/C(=N\[S@+]([O-])C(C)(C)C)c1ccccc1F. The first-order valence-corrected chi connectivity index (χ1v) is 7.32. The van der Waals surface area contributed by atoms with Gasteiger partial charge < -0.3 is 4.55 Å². The van der Waals surface area contributed by atoms with Gasteiger partial charge in [0, 0.05) is 5.56 Å². The van der Waals surface area contributed by atoms with Crippen LogP contribution in [0.3, 0.4) is 0 Å². The van der Waals surface area contributed by atoms with Crippen LogP contribution in [-0.2, 0) is 11.4 Å². The number of benzene rings is 1. The van der Waals surface area contributed by atoms with E-state index in [9.17, 15) is 8.94 Å². The van der Waals surface area contributed by atoms with E-state index >= 15 is 0 Å². The van der Waals surface area contributed by atoms with E-state index in [0.717, 1.165) is 0 Å². The average molecular weight is 281 g/mol. The first kappa shape index (κ1) is 15.9. The summed E-state index contributed by atoms with van der Waals surface area (Å²) in [7, 11) is 0. The van der Waals surface area contributed by atoms with Crippen molar-refractivity contribution in [3.8, 4) is 0 Å². The van der Waals surface area contributed by atoms with Gasteiger partial charge in [0.1, 0.15) is 27.6 Å². The fourth-order valence-electron chi connectivity index (χ4n) is 1.40. The molecule has 0 saturated heterocycles. The van der Waals surface area contributed by atoms with Crippen LogP contribution in [0.4, 0.5) is 4.39 Å². The van der Waals surface area contributed by atoms with E-state index in [2.05, 4.69) is 11.0 Å². The minimum atomic E-state index is -1.39. The summed E-state index contributed by atoms with van der Waals surface area (Å²) >= 11 is -1.39. The number of halogens is 1. The topological polar surface area (TPSA) is 35.4 Å². The molecule has 0 heterocycles. The van der Waals surface area contributed by atoms with Crippen LogP contribution in [0.5, 0.6) is 0 Å². The van der Waals surface area contributed by atoms with Crippen molar-refractivity contribution >= 4 is 17.1 Å². The molecule has 0 aromatic heterocycles. The standard InChI is InChI=1S/C15H20FNOS/c1-5-6-11-14(17-19(18)15(2,3)4)12-9-7-8-10-13(12)16/h5,7-10H,1,6,11H2,2-4H3/b17-14+/t19-/m1/s1. The van der Waals surface area contributed by atoms with Crippen molar-refractivity contribution in [1.29, 1.82) is 0 Å². The first-order chi connectivity index (χ1) is 8.86. The highest BCUT2D eigenvalue weighted by Crippen LogP contribution is 2.20. The molecule has 2 nitrogen and oxygen atoms in total. The third-order valence-corrected chi connectivity index (χ3v) is 3.92. The van der Waals surface area contributed by atoms with Crippen molar-refractivity contribution in [3.63, 3.8) is 0 Å². The van der Waals surface area contributed by atoms with E-state index < -0.39 is 16.1 Å². The minimum absolute atomic E-state index is 0.337. The maximum Gasteiger partial charge on any atom is 0.144 e. The molecule has 104 valence electrons. The summed E-state index contributed by atoms with van der Waals surface area (Å²) in [4.78, 5) is 0. The molecule has 4 heteroatoms. The number of rotatable bonds is 5. The summed E-state index contributed by atoms with van der Waals surface area (Å²) < 4.78 is 29.7. The van der Waals surface area contributed by atoms with Crippen LogP contribution < -0.4 is 0 Å². The van der Waals surface area contributed by atoms with Crippen molar-refractivity contribution < 1.29 is 8.94 Å². The molecule has 0 aliphatic carbocycles. The van der Waals surface area contributed by atoms with Crippen molar-refractivity contribution in [1.82, 2.24) is 0 Å². The maximum absolute atomic E-state index is 13.8. The predicted octanol–water partition coefficient (Wildman–Crippen LogP) is 4.04. The Kier molecular flexibility index (Phi) is 5.76. The molecule has 0 spiro atoms. The molecular formula is C15H20FNOS.